The molecule has 0 aromatic heterocycles. The Balaban J connectivity index is 2.09. The Morgan fingerprint density at radius 2 is 2.00 bits per heavy atom. The number of nitrogens with zero attached hydrogens (tertiary/aromatic N) is 2. The molecule has 1 N–H and O–H groups in total. The van der Waals surface area contributed by atoms with E-state index in [1.165, 1.54) is 6.42 Å². The van der Waals surface area contributed by atoms with Crippen molar-refractivity contribution in [2.75, 3.05) is 20.1 Å². The van der Waals surface area contributed by atoms with Gasteiger partial charge >= 0.3 is 5.97 Å². The van der Waals surface area contributed by atoms with Gasteiger partial charge in [0.1, 0.15) is 6.04 Å². The van der Waals surface area contributed by atoms with Crippen LogP contribution in [-0.4, -0.2) is 59.0 Å². The summed E-state index contributed by atoms with van der Waals surface area (Å²) in [6.45, 7) is 2.85. The van der Waals surface area contributed by atoms with Crippen molar-refractivity contribution in [2.45, 2.75) is 51.1 Å². The van der Waals surface area contributed by atoms with Gasteiger partial charge in [0.15, 0.2) is 0 Å². The third-order valence-corrected chi connectivity index (χ3v) is 4.72. The van der Waals surface area contributed by atoms with Gasteiger partial charge in [-0.25, -0.2) is 0 Å². The number of carboxylic acid groups (broad SMARTS) is 1. The van der Waals surface area contributed by atoms with E-state index in [9.17, 15) is 14.7 Å². The molecule has 1 aliphatic carbocycles. The molecule has 108 valence electrons. The number of hydrogen-bond donors (Lipinski definition) is 1. The minimum Gasteiger partial charge on any atom is -0.480 e. The van der Waals surface area contributed by atoms with Crippen molar-refractivity contribution < 1.29 is 14.7 Å². The highest BCUT2D eigenvalue weighted by molar-refractivity contribution is 5.80. The van der Waals surface area contributed by atoms with Gasteiger partial charge in [-0.15, -0.1) is 0 Å². The van der Waals surface area contributed by atoms with E-state index in [1.807, 2.05) is 11.8 Å². The van der Waals surface area contributed by atoms with Gasteiger partial charge in [-0.3, -0.25) is 14.5 Å². The number of amides is 1. The molecular weight excluding hydrogens is 244 g/mol. The Morgan fingerprint density at radius 1 is 1.32 bits per heavy atom. The van der Waals surface area contributed by atoms with Gasteiger partial charge in [-0.2, -0.15) is 0 Å². The third-order valence-electron chi connectivity index (χ3n) is 4.72. The van der Waals surface area contributed by atoms with Crippen LogP contribution >= 0.6 is 0 Å². The van der Waals surface area contributed by atoms with Crippen molar-refractivity contribution in [3.05, 3.63) is 0 Å². The van der Waals surface area contributed by atoms with E-state index in [2.05, 4.69) is 0 Å². The fraction of sp³-hybridized carbons (Fsp3) is 0.857. The van der Waals surface area contributed by atoms with Crippen molar-refractivity contribution in [1.82, 2.24) is 9.80 Å². The van der Waals surface area contributed by atoms with E-state index in [0.29, 0.717) is 24.9 Å². The molecule has 0 radical (unpaired) electrons. The second-order valence-corrected chi connectivity index (χ2v) is 5.78. The topological polar surface area (TPSA) is 60.9 Å². The first kappa shape index (κ1) is 14.3. The minimum atomic E-state index is -0.777. The number of carboxylic acids is 1. The molecule has 19 heavy (non-hydrogen) atoms. The fourth-order valence-electron chi connectivity index (χ4n) is 3.48. The quantitative estimate of drug-likeness (QED) is 0.832. The summed E-state index contributed by atoms with van der Waals surface area (Å²) in [5.41, 5.74) is 0. The van der Waals surface area contributed by atoms with Crippen molar-refractivity contribution in [2.24, 2.45) is 5.92 Å². The van der Waals surface area contributed by atoms with E-state index in [4.69, 9.17) is 0 Å². The first-order valence-corrected chi connectivity index (χ1v) is 7.27. The zero-order chi connectivity index (χ0) is 14.0. The van der Waals surface area contributed by atoms with Gasteiger partial charge in [0.25, 0.3) is 0 Å². The number of likely N-dealkylation sites (N-methyl/N-ethyl adjacent to an activating group) is 1. The Morgan fingerprint density at radius 3 is 2.63 bits per heavy atom. The van der Waals surface area contributed by atoms with Gasteiger partial charge in [0, 0.05) is 19.6 Å². The standard InChI is InChI=1S/C14H24N2O3/c1-3-15(2)13(17)9-16-11-7-5-4-6-10(11)8-12(16)14(18)19/h10-12H,3-9H2,1-2H3,(H,18,19). The van der Waals surface area contributed by atoms with Gasteiger partial charge in [-0.05, 0) is 32.1 Å². The summed E-state index contributed by atoms with van der Waals surface area (Å²) in [7, 11) is 1.77. The molecule has 0 aromatic carbocycles. The number of likely N-dealkylation sites (tertiary alicyclic amines) is 1. The Labute approximate surface area is 114 Å². The lowest BCUT2D eigenvalue weighted by atomic mass is 9.85. The van der Waals surface area contributed by atoms with Crippen molar-refractivity contribution in [1.29, 1.82) is 0 Å². The average molecular weight is 268 g/mol. The van der Waals surface area contributed by atoms with Crippen LogP contribution in [-0.2, 0) is 9.59 Å². The summed E-state index contributed by atoms with van der Waals surface area (Å²) in [5, 5.41) is 9.37. The van der Waals surface area contributed by atoms with Crippen LogP contribution in [0.15, 0.2) is 0 Å². The van der Waals surface area contributed by atoms with Crippen LogP contribution in [0.5, 0.6) is 0 Å². The van der Waals surface area contributed by atoms with Crippen LogP contribution in [0.25, 0.3) is 0 Å². The molecule has 5 nitrogen and oxygen atoms in total. The Hall–Kier alpha value is -1.10. The number of carbonyl (C=O) groups excluding carboxylic acids is 1. The molecular formula is C14H24N2O3. The first-order chi connectivity index (χ1) is 9.04. The highest BCUT2D eigenvalue weighted by Crippen LogP contribution is 2.39. The molecule has 5 heteroatoms. The Kier molecular flexibility index (Phi) is 4.45. The number of fused-ring (bicyclic) bond motifs is 1. The lowest BCUT2D eigenvalue weighted by Gasteiger charge is -2.33. The second kappa shape index (κ2) is 5.90. The van der Waals surface area contributed by atoms with Crippen molar-refractivity contribution in [3.8, 4) is 0 Å². The lowest BCUT2D eigenvalue weighted by molar-refractivity contribution is -0.144. The van der Waals surface area contributed by atoms with E-state index < -0.39 is 12.0 Å². The molecule has 2 rings (SSSR count). The highest BCUT2D eigenvalue weighted by atomic mass is 16.4. The van der Waals surface area contributed by atoms with E-state index in [1.54, 1.807) is 11.9 Å². The minimum absolute atomic E-state index is 0.0278. The largest absolute Gasteiger partial charge is 0.480 e. The summed E-state index contributed by atoms with van der Waals surface area (Å²) in [4.78, 5) is 27.1. The van der Waals surface area contributed by atoms with Gasteiger partial charge in [0.2, 0.25) is 5.91 Å². The molecule has 0 bridgehead atoms. The molecule has 2 fully saturated rings. The zero-order valence-corrected chi connectivity index (χ0v) is 11.8. The van der Waals surface area contributed by atoms with Crippen molar-refractivity contribution in [3.63, 3.8) is 0 Å². The number of aliphatic carboxylic acids is 1. The predicted octanol–water partition coefficient (Wildman–Crippen LogP) is 1.18. The van der Waals surface area contributed by atoms with Gasteiger partial charge in [-0.1, -0.05) is 12.8 Å². The molecule has 1 aliphatic heterocycles. The van der Waals surface area contributed by atoms with Crippen LogP contribution in [0.4, 0.5) is 0 Å². The molecule has 3 atom stereocenters. The summed E-state index contributed by atoms with van der Waals surface area (Å²) in [5.74, 6) is -0.282. The number of carbonyl (C=O) groups is 2. The van der Waals surface area contributed by atoms with Crippen LogP contribution in [0.3, 0.4) is 0 Å². The van der Waals surface area contributed by atoms with Crippen LogP contribution in [0.1, 0.15) is 39.0 Å². The van der Waals surface area contributed by atoms with Crippen molar-refractivity contribution >= 4 is 11.9 Å². The molecule has 0 aromatic rings. The van der Waals surface area contributed by atoms with Crippen LogP contribution in [0.2, 0.25) is 0 Å². The smallest absolute Gasteiger partial charge is 0.320 e. The lowest BCUT2D eigenvalue weighted by Crippen LogP contribution is -2.47. The van der Waals surface area contributed by atoms with E-state index in [-0.39, 0.29) is 12.5 Å². The zero-order valence-electron chi connectivity index (χ0n) is 11.8. The highest BCUT2D eigenvalue weighted by Gasteiger charge is 2.45. The summed E-state index contributed by atoms with van der Waals surface area (Å²) in [6, 6.07) is -0.175. The van der Waals surface area contributed by atoms with E-state index in [0.717, 1.165) is 19.3 Å². The van der Waals surface area contributed by atoms with Gasteiger partial charge < -0.3 is 10.0 Å². The summed E-state index contributed by atoms with van der Waals surface area (Å²) in [6.07, 6.45) is 5.22. The maximum atomic E-state index is 12.1. The molecule has 3 unspecified atom stereocenters. The average Bonchev–Trinajstić information content (AvgIpc) is 2.77. The molecule has 0 spiro atoms. The summed E-state index contributed by atoms with van der Waals surface area (Å²) >= 11 is 0. The number of rotatable bonds is 4. The molecule has 1 saturated carbocycles. The normalized spacial score (nSPS) is 30.9. The maximum Gasteiger partial charge on any atom is 0.320 e. The van der Waals surface area contributed by atoms with Crippen LogP contribution in [0, 0.1) is 5.92 Å². The maximum absolute atomic E-state index is 12.1. The predicted molar refractivity (Wildman–Crippen MR) is 71.8 cm³/mol. The second-order valence-electron chi connectivity index (χ2n) is 5.78. The SMILES string of the molecule is CCN(C)C(=O)CN1C(C(=O)O)CC2CCCCC21. The molecule has 1 saturated heterocycles. The third kappa shape index (κ3) is 2.91. The number of hydrogen-bond acceptors (Lipinski definition) is 3. The first-order valence-electron chi connectivity index (χ1n) is 7.27. The molecule has 2 aliphatic rings. The van der Waals surface area contributed by atoms with Gasteiger partial charge in [0.05, 0.1) is 6.54 Å². The molecule has 1 amide bonds. The monoisotopic (exact) mass is 268 g/mol. The summed E-state index contributed by atoms with van der Waals surface area (Å²) < 4.78 is 0. The Bertz CT molecular complexity index is 359. The van der Waals surface area contributed by atoms with E-state index >= 15 is 0 Å². The fourth-order valence-corrected chi connectivity index (χ4v) is 3.48. The van der Waals surface area contributed by atoms with Crippen LogP contribution < -0.4 is 0 Å². The molecule has 1 heterocycles.